The van der Waals surface area contributed by atoms with E-state index >= 15 is 0 Å². The van der Waals surface area contributed by atoms with E-state index in [1.54, 1.807) is 24.8 Å². The number of ether oxygens (including phenoxy) is 1. The Balaban J connectivity index is 1.67. The molecule has 0 bridgehead atoms. The predicted molar refractivity (Wildman–Crippen MR) is 106 cm³/mol. The van der Waals surface area contributed by atoms with E-state index in [1.807, 2.05) is 18.2 Å². The molecule has 1 fully saturated rings. The molecule has 140 valence electrons. The summed E-state index contributed by atoms with van der Waals surface area (Å²) in [6.07, 6.45) is 7.06. The zero-order chi connectivity index (χ0) is 18.7. The minimum atomic E-state index is -0.155. The number of hydrogen-bond acceptors (Lipinski definition) is 7. The normalized spacial score (nSPS) is 15.8. The summed E-state index contributed by atoms with van der Waals surface area (Å²) in [6.45, 7) is 8.82. The van der Waals surface area contributed by atoms with E-state index in [9.17, 15) is 0 Å². The summed E-state index contributed by atoms with van der Waals surface area (Å²) in [5.41, 5.74) is 1.60. The molecule has 7 heteroatoms. The van der Waals surface area contributed by atoms with E-state index in [2.05, 4.69) is 39.0 Å². The summed E-state index contributed by atoms with van der Waals surface area (Å²) in [5.74, 6) is 1.50. The first-order valence-corrected chi connectivity index (χ1v) is 9.21. The highest BCUT2D eigenvalue weighted by Gasteiger charge is 2.24. The van der Waals surface area contributed by atoms with Gasteiger partial charge in [-0.05, 0) is 32.0 Å². The van der Waals surface area contributed by atoms with Crippen LogP contribution in [0.25, 0.3) is 22.3 Å². The highest BCUT2D eigenvalue weighted by molar-refractivity contribution is 5.90. The molecule has 1 aliphatic rings. The first-order valence-electron chi connectivity index (χ1n) is 9.21. The van der Waals surface area contributed by atoms with Gasteiger partial charge in [0.05, 0.1) is 24.9 Å². The molecule has 0 aromatic carbocycles. The van der Waals surface area contributed by atoms with Gasteiger partial charge in [0, 0.05) is 54.7 Å². The van der Waals surface area contributed by atoms with Crippen LogP contribution in [0.5, 0.6) is 0 Å². The minimum Gasteiger partial charge on any atom is -0.379 e. The molecule has 0 spiro atoms. The third-order valence-electron chi connectivity index (χ3n) is 4.62. The first-order chi connectivity index (χ1) is 13.1. The van der Waals surface area contributed by atoms with Crippen LogP contribution in [0.3, 0.4) is 0 Å². The number of nitrogens with one attached hydrogen (secondary N) is 1. The molecule has 0 radical (unpaired) electrons. The fraction of sp³-hybridized carbons (Fsp3) is 0.400. The maximum Gasteiger partial charge on any atom is 0.162 e. The van der Waals surface area contributed by atoms with Crippen molar-refractivity contribution < 1.29 is 4.74 Å². The molecule has 4 rings (SSSR count). The molecule has 0 saturated carbocycles. The quantitative estimate of drug-likeness (QED) is 0.746. The van der Waals surface area contributed by atoms with Gasteiger partial charge in [-0.15, -0.1) is 0 Å². The average molecular weight is 364 g/mol. The number of fused-ring (bicyclic) bond motifs is 1. The lowest BCUT2D eigenvalue weighted by Crippen LogP contribution is -2.48. The molecule has 0 atom stereocenters. The molecule has 1 aliphatic heterocycles. The second-order valence-electron chi connectivity index (χ2n) is 7.42. The first kappa shape index (κ1) is 17.8. The van der Waals surface area contributed by atoms with Crippen molar-refractivity contribution in [1.29, 1.82) is 0 Å². The number of nitrogens with zero attached hydrogens (tertiary/aromatic N) is 5. The van der Waals surface area contributed by atoms with E-state index in [0.717, 1.165) is 55.1 Å². The van der Waals surface area contributed by atoms with Gasteiger partial charge in [0.25, 0.3) is 0 Å². The van der Waals surface area contributed by atoms with Crippen LogP contribution in [0.4, 0.5) is 5.82 Å². The molecule has 1 N–H and O–H groups in total. The van der Waals surface area contributed by atoms with Crippen LogP contribution in [-0.4, -0.2) is 63.2 Å². The van der Waals surface area contributed by atoms with Gasteiger partial charge in [-0.25, -0.2) is 9.97 Å². The maximum absolute atomic E-state index is 5.46. The van der Waals surface area contributed by atoms with Crippen molar-refractivity contribution in [2.45, 2.75) is 19.4 Å². The molecule has 4 heterocycles. The molecule has 0 aliphatic carbocycles. The molecule has 3 aromatic rings. The van der Waals surface area contributed by atoms with Gasteiger partial charge < -0.3 is 10.1 Å². The lowest BCUT2D eigenvalue weighted by atomic mass is 10.0. The molecule has 0 unspecified atom stereocenters. The number of rotatable bonds is 5. The van der Waals surface area contributed by atoms with Crippen molar-refractivity contribution in [3.8, 4) is 11.4 Å². The van der Waals surface area contributed by atoms with Crippen LogP contribution in [0.15, 0.2) is 43.0 Å². The largest absolute Gasteiger partial charge is 0.379 e. The number of morpholine rings is 1. The van der Waals surface area contributed by atoms with Crippen LogP contribution < -0.4 is 5.32 Å². The van der Waals surface area contributed by atoms with Crippen LogP contribution in [-0.2, 0) is 4.74 Å². The van der Waals surface area contributed by atoms with Gasteiger partial charge in [-0.3, -0.25) is 14.9 Å². The lowest BCUT2D eigenvalue weighted by Gasteiger charge is -2.36. The molecule has 27 heavy (non-hydrogen) atoms. The van der Waals surface area contributed by atoms with Gasteiger partial charge in [-0.2, -0.15) is 0 Å². The van der Waals surface area contributed by atoms with Gasteiger partial charge in [0.15, 0.2) is 5.82 Å². The Morgan fingerprint density at radius 1 is 1.04 bits per heavy atom. The van der Waals surface area contributed by atoms with Crippen molar-refractivity contribution in [3.05, 3.63) is 43.0 Å². The Bertz CT molecular complexity index is 909. The Hall–Kier alpha value is -2.64. The van der Waals surface area contributed by atoms with E-state index in [1.165, 1.54) is 0 Å². The average Bonchev–Trinajstić information content (AvgIpc) is 2.69. The SMILES string of the molecule is CC(C)(CN1CCOCC1)Nc1nc(-c2ccncc2)nc2cnccc12. The fourth-order valence-corrected chi connectivity index (χ4v) is 3.38. The Morgan fingerprint density at radius 3 is 2.56 bits per heavy atom. The third kappa shape index (κ3) is 4.20. The summed E-state index contributed by atoms with van der Waals surface area (Å²) in [5, 5.41) is 4.61. The Morgan fingerprint density at radius 2 is 1.78 bits per heavy atom. The zero-order valence-corrected chi connectivity index (χ0v) is 15.7. The molecule has 7 nitrogen and oxygen atoms in total. The molecular weight excluding hydrogens is 340 g/mol. The van der Waals surface area contributed by atoms with Crippen molar-refractivity contribution in [3.63, 3.8) is 0 Å². The minimum absolute atomic E-state index is 0.155. The zero-order valence-electron chi connectivity index (χ0n) is 15.7. The Kier molecular flexibility index (Phi) is 4.96. The summed E-state index contributed by atoms with van der Waals surface area (Å²) >= 11 is 0. The van der Waals surface area contributed by atoms with Crippen LogP contribution >= 0.6 is 0 Å². The van der Waals surface area contributed by atoms with E-state index < -0.39 is 0 Å². The van der Waals surface area contributed by atoms with E-state index in [4.69, 9.17) is 9.72 Å². The van der Waals surface area contributed by atoms with E-state index in [0.29, 0.717) is 5.82 Å². The van der Waals surface area contributed by atoms with Crippen LogP contribution in [0.1, 0.15) is 13.8 Å². The smallest absolute Gasteiger partial charge is 0.162 e. The Labute approximate surface area is 158 Å². The summed E-state index contributed by atoms with van der Waals surface area (Å²) in [4.78, 5) is 20.2. The number of hydrogen-bond donors (Lipinski definition) is 1. The predicted octanol–water partition coefficient (Wildman–Crippen LogP) is 2.61. The third-order valence-corrected chi connectivity index (χ3v) is 4.62. The highest BCUT2D eigenvalue weighted by atomic mass is 16.5. The molecular formula is C20H24N6O. The van der Waals surface area contributed by atoms with Gasteiger partial charge in [0.2, 0.25) is 0 Å². The van der Waals surface area contributed by atoms with Crippen molar-refractivity contribution in [1.82, 2.24) is 24.8 Å². The van der Waals surface area contributed by atoms with Crippen molar-refractivity contribution >= 4 is 16.7 Å². The lowest BCUT2D eigenvalue weighted by molar-refractivity contribution is 0.0317. The summed E-state index contributed by atoms with van der Waals surface area (Å²) < 4.78 is 5.46. The topological polar surface area (TPSA) is 76.1 Å². The van der Waals surface area contributed by atoms with Crippen molar-refractivity contribution in [2.75, 3.05) is 38.2 Å². The molecule has 1 saturated heterocycles. The second kappa shape index (κ2) is 7.54. The van der Waals surface area contributed by atoms with Gasteiger partial charge in [-0.1, -0.05) is 0 Å². The highest BCUT2D eigenvalue weighted by Crippen LogP contribution is 2.26. The fourth-order valence-electron chi connectivity index (χ4n) is 3.38. The number of pyridine rings is 2. The van der Waals surface area contributed by atoms with Gasteiger partial charge >= 0.3 is 0 Å². The van der Waals surface area contributed by atoms with E-state index in [-0.39, 0.29) is 5.54 Å². The molecule has 3 aromatic heterocycles. The second-order valence-corrected chi connectivity index (χ2v) is 7.42. The van der Waals surface area contributed by atoms with Crippen LogP contribution in [0.2, 0.25) is 0 Å². The monoisotopic (exact) mass is 364 g/mol. The standard InChI is InChI=1S/C20H24N6O/c1-20(2,14-26-9-11-27-12-10-26)25-19-16-5-8-22-13-17(16)23-18(24-19)15-3-6-21-7-4-15/h3-8,13H,9-12,14H2,1-2H3,(H,23,24,25). The maximum atomic E-state index is 5.46. The number of aromatic nitrogens is 4. The summed E-state index contributed by atoms with van der Waals surface area (Å²) in [6, 6.07) is 5.79. The molecule has 0 amide bonds. The number of anilines is 1. The van der Waals surface area contributed by atoms with Crippen LogP contribution in [0, 0.1) is 0 Å². The summed E-state index contributed by atoms with van der Waals surface area (Å²) in [7, 11) is 0. The van der Waals surface area contributed by atoms with Crippen molar-refractivity contribution in [2.24, 2.45) is 0 Å². The van der Waals surface area contributed by atoms with Gasteiger partial charge in [0.1, 0.15) is 5.82 Å².